The van der Waals surface area contributed by atoms with E-state index in [1.54, 1.807) is 21.1 Å². The standard InChI is InChI=1S/C13H17BrO3.C2H4/c1-5-9(8(2)15)10-6-12(16-3)13(17-4)7-11(10)14;1-2/h6-7,9H,5H2,1-4H3;1-2H2. The molecule has 0 aliphatic heterocycles. The number of benzene rings is 1. The van der Waals surface area contributed by atoms with Crippen LogP contribution >= 0.6 is 15.9 Å². The Morgan fingerprint density at radius 2 is 1.74 bits per heavy atom. The molecule has 0 amide bonds. The quantitative estimate of drug-likeness (QED) is 0.754. The van der Waals surface area contributed by atoms with Crippen molar-refractivity contribution in [2.45, 2.75) is 26.2 Å². The molecule has 0 aliphatic carbocycles. The molecule has 0 saturated heterocycles. The summed E-state index contributed by atoms with van der Waals surface area (Å²) < 4.78 is 11.3. The third-order valence-electron chi connectivity index (χ3n) is 2.78. The van der Waals surface area contributed by atoms with E-state index in [4.69, 9.17) is 9.47 Å². The van der Waals surface area contributed by atoms with Gasteiger partial charge >= 0.3 is 0 Å². The highest BCUT2D eigenvalue weighted by atomic mass is 79.9. The lowest BCUT2D eigenvalue weighted by atomic mass is 9.93. The van der Waals surface area contributed by atoms with Crippen molar-refractivity contribution in [3.05, 3.63) is 35.3 Å². The lowest BCUT2D eigenvalue weighted by Gasteiger charge is -2.17. The number of halogens is 1. The summed E-state index contributed by atoms with van der Waals surface area (Å²) in [4.78, 5) is 11.6. The molecule has 0 aromatic heterocycles. The molecule has 19 heavy (non-hydrogen) atoms. The summed E-state index contributed by atoms with van der Waals surface area (Å²) in [5, 5.41) is 0. The molecule has 0 aliphatic rings. The maximum atomic E-state index is 11.6. The zero-order valence-corrected chi connectivity index (χ0v) is 13.5. The maximum Gasteiger partial charge on any atom is 0.161 e. The molecule has 4 heteroatoms. The van der Waals surface area contributed by atoms with Gasteiger partial charge in [-0.15, -0.1) is 13.2 Å². The van der Waals surface area contributed by atoms with Crippen LogP contribution in [-0.2, 0) is 4.79 Å². The fourth-order valence-corrected chi connectivity index (χ4v) is 2.46. The minimum atomic E-state index is -0.107. The Hall–Kier alpha value is -1.29. The number of ketones is 1. The third-order valence-corrected chi connectivity index (χ3v) is 3.46. The number of methoxy groups -OCH3 is 2. The largest absolute Gasteiger partial charge is 0.493 e. The fraction of sp³-hybridized carbons (Fsp3) is 0.400. The number of hydrogen-bond acceptors (Lipinski definition) is 3. The first-order valence-electron chi connectivity index (χ1n) is 5.97. The summed E-state index contributed by atoms with van der Waals surface area (Å²) in [6.45, 7) is 9.60. The van der Waals surface area contributed by atoms with Gasteiger partial charge in [-0.05, 0) is 31.0 Å². The smallest absolute Gasteiger partial charge is 0.161 e. The van der Waals surface area contributed by atoms with E-state index in [2.05, 4.69) is 29.1 Å². The molecule has 3 nitrogen and oxygen atoms in total. The van der Waals surface area contributed by atoms with E-state index in [1.807, 2.05) is 19.1 Å². The first kappa shape index (κ1) is 17.7. The van der Waals surface area contributed by atoms with E-state index in [-0.39, 0.29) is 11.7 Å². The van der Waals surface area contributed by atoms with Crippen LogP contribution < -0.4 is 9.47 Å². The molecule has 0 bridgehead atoms. The highest BCUT2D eigenvalue weighted by Gasteiger charge is 2.20. The van der Waals surface area contributed by atoms with E-state index in [0.29, 0.717) is 11.5 Å². The molecule has 1 aromatic carbocycles. The number of Topliss-reactive ketones (excluding diaryl/α,β-unsaturated/α-hetero) is 1. The first-order chi connectivity index (χ1) is 9.04. The van der Waals surface area contributed by atoms with Gasteiger partial charge in [0.25, 0.3) is 0 Å². The van der Waals surface area contributed by atoms with Gasteiger partial charge in [0, 0.05) is 10.4 Å². The number of hydrogen-bond donors (Lipinski definition) is 0. The van der Waals surface area contributed by atoms with Crippen molar-refractivity contribution in [3.8, 4) is 11.5 Å². The van der Waals surface area contributed by atoms with Gasteiger partial charge in [-0.2, -0.15) is 0 Å². The van der Waals surface area contributed by atoms with Crippen LogP contribution in [0.2, 0.25) is 0 Å². The number of carbonyl (C=O) groups excluding carboxylic acids is 1. The molecule has 106 valence electrons. The summed E-state index contributed by atoms with van der Waals surface area (Å²) >= 11 is 3.47. The molecule has 0 fully saturated rings. The summed E-state index contributed by atoms with van der Waals surface area (Å²) in [6, 6.07) is 3.69. The van der Waals surface area contributed by atoms with Crippen molar-refractivity contribution >= 4 is 21.7 Å². The molecule has 1 aromatic rings. The second kappa shape index (κ2) is 8.75. The zero-order valence-electron chi connectivity index (χ0n) is 12.0. The highest BCUT2D eigenvalue weighted by molar-refractivity contribution is 9.10. The minimum Gasteiger partial charge on any atom is -0.493 e. The topological polar surface area (TPSA) is 35.5 Å². The van der Waals surface area contributed by atoms with E-state index in [9.17, 15) is 4.79 Å². The molecule has 1 rings (SSSR count). The molecular formula is C15H21BrO3. The Morgan fingerprint density at radius 3 is 2.11 bits per heavy atom. The van der Waals surface area contributed by atoms with Crippen molar-refractivity contribution in [2.75, 3.05) is 14.2 Å². The van der Waals surface area contributed by atoms with Gasteiger partial charge < -0.3 is 9.47 Å². The van der Waals surface area contributed by atoms with Gasteiger partial charge in [0.15, 0.2) is 11.5 Å². The van der Waals surface area contributed by atoms with Gasteiger partial charge in [-0.1, -0.05) is 22.9 Å². The van der Waals surface area contributed by atoms with Gasteiger partial charge in [0.2, 0.25) is 0 Å². The zero-order chi connectivity index (χ0) is 15.0. The molecule has 0 N–H and O–H groups in total. The van der Waals surface area contributed by atoms with Crippen LogP contribution in [0.5, 0.6) is 11.5 Å². The average molecular weight is 329 g/mol. The van der Waals surface area contributed by atoms with Gasteiger partial charge in [-0.25, -0.2) is 0 Å². The second-order valence-corrected chi connectivity index (χ2v) is 4.65. The van der Waals surface area contributed by atoms with Gasteiger partial charge in [0.05, 0.1) is 14.2 Å². The number of carbonyl (C=O) groups is 1. The normalized spacial score (nSPS) is 11.0. The van der Waals surface area contributed by atoms with Crippen molar-refractivity contribution < 1.29 is 14.3 Å². The SMILES string of the molecule is C=C.CCC(C(C)=O)c1cc(OC)c(OC)cc1Br. The van der Waals surface area contributed by atoms with E-state index < -0.39 is 0 Å². The first-order valence-corrected chi connectivity index (χ1v) is 6.76. The van der Waals surface area contributed by atoms with E-state index >= 15 is 0 Å². The Bertz CT molecular complexity index is 430. The molecule has 0 saturated carbocycles. The predicted molar refractivity (Wildman–Crippen MR) is 82.2 cm³/mol. The molecule has 0 heterocycles. The summed E-state index contributed by atoms with van der Waals surface area (Å²) in [6.07, 6.45) is 0.767. The van der Waals surface area contributed by atoms with Crippen LogP contribution in [0.3, 0.4) is 0 Å². The van der Waals surface area contributed by atoms with Crippen LogP contribution in [-0.4, -0.2) is 20.0 Å². The van der Waals surface area contributed by atoms with Crippen molar-refractivity contribution in [1.29, 1.82) is 0 Å². The van der Waals surface area contributed by atoms with Gasteiger partial charge in [-0.3, -0.25) is 4.79 Å². The summed E-state index contributed by atoms with van der Waals surface area (Å²) in [5.41, 5.74) is 0.942. The summed E-state index contributed by atoms with van der Waals surface area (Å²) in [5.74, 6) is 1.34. The Kier molecular flexibility index (Phi) is 8.16. The predicted octanol–water partition coefficient (Wildman–Crippen LogP) is 4.35. The lowest BCUT2D eigenvalue weighted by Crippen LogP contribution is -2.09. The third kappa shape index (κ3) is 4.39. The number of rotatable bonds is 5. The average Bonchev–Trinajstić information content (AvgIpc) is 2.42. The monoisotopic (exact) mass is 328 g/mol. The lowest BCUT2D eigenvalue weighted by molar-refractivity contribution is -0.118. The molecular weight excluding hydrogens is 308 g/mol. The Labute approximate surface area is 123 Å². The van der Waals surface area contributed by atoms with Crippen LogP contribution in [0.25, 0.3) is 0 Å². The van der Waals surface area contributed by atoms with Gasteiger partial charge in [0.1, 0.15) is 5.78 Å². The summed E-state index contributed by atoms with van der Waals surface area (Å²) in [7, 11) is 3.18. The van der Waals surface area contributed by atoms with Crippen molar-refractivity contribution in [2.24, 2.45) is 0 Å². The minimum absolute atomic E-state index is 0.107. The highest BCUT2D eigenvalue weighted by Crippen LogP contribution is 2.37. The van der Waals surface area contributed by atoms with Crippen molar-refractivity contribution in [1.82, 2.24) is 0 Å². The van der Waals surface area contributed by atoms with Crippen molar-refractivity contribution in [3.63, 3.8) is 0 Å². The van der Waals surface area contributed by atoms with E-state index in [1.165, 1.54) is 0 Å². The second-order valence-electron chi connectivity index (χ2n) is 3.80. The number of ether oxygens (including phenoxy) is 2. The van der Waals surface area contributed by atoms with Crippen LogP contribution in [0.15, 0.2) is 29.8 Å². The molecule has 0 spiro atoms. The fourth-order valence-electron chi connectivity index (χ4n) is 1.86. The van der Waals surface area contributed by atoms with Crippen LogP contribution in [0.4, 0.5) is 0 Å². The van der Waals surface area contributed by atoms with Crippen LogP contribution in [0, 0.1) is 0 Å². The molecule has 1 unspecified atom stereocenters. The molecule has 0 radical (unpaired) electrons. The Morgan fingerprint density at radius 1 is 1.26 bits per heavy atom. The maximum absolute atomic E-state index is 11.6. The Balaban J connectivity index is 0.00000154. The molecule has 1 atom stereocenters. The van der Waals surface area contributed by atoms with Crippen LogP contribution in [0.1, 0.15) is 31.7 Å². The van der Waals surface area contributed by atoms with E-state index in [0.717, 1.165) is 16.5 Å².